The standard InChI is InChI=1S/C11H11ClO2/c1-11(12)8-5-3-2-4-7(8)6-9(11)10(13)14/h2-5,9H,6H2,1H3,(H,13,14). The highest BCUT2D eigenvalue weighted by Gasteiger charge is 2.45. The lowest BCUT2D eigenvalue weighted by molar-refractivity contribution is -0.142. The molecule has 14 heavy (non-hydrogen) atoms. The monoisotopic (exact) mass is 210 g/mol. The molecule has 0 fully saturated rings. The van der Waals surface area contributed by atoms with Gasteiger partial charge in [0.15, 0.2) is 0 Å². The lowest BCUT2D eigenvalue weighted by Crippen LogP contribution is -2.28. The first-order valence-corrected chi connectivity index (χ1v) is 4.91. The Morgan fingerprint density at radius 2 is 2.21 bits per heavy atom. The summed E-state index contributed by atoms with van der Waals surface area (Å²) < 4.78 is 0. The topological polar surface area (TPSA) is 37.3 Å². The van der Waals surface area contributed by atoms with Crippen LogP contribution in [-0.4, -0.2) is 11.1 Å². The highest BCUT2D eigenvalue weighted by atomic mass is 35.5. The zero-order chi connectivity index (χ0) is 10.3. The maximum absolute atomic E-state index is 11.0. The summed E-state index contributed by atoms with van der Waals surface area (Å²) in [6.07, 6.45) is 0.533. The molecule has 0 spiro atoms. The molecule has 0 bridgehead atoms. The van der Waals surface area contributed by atoms with Crippen LogP contribution in [0.4, 0.5) is 0 Å². The first kappa shape index (κ1) is 9.53. The summed E-state index contributed by atoms with van der Waals surface area (Å²) in [7, 11) is 0. The van der Waals surface area contributed by atoms with Gasteiger partial charge in [0, 0.05) is 0 Å². The maximum atomic E-state index is 11.0. The van der Waals surface area contributed by atoms with Crippen LogP contribution in [0.2, 0.25) is 0 Å². The van der Waals surface area contributed by atoms with E-state index in [9.17, 15) is 4.79 Å². The van der Waals surface area contributed by atoms with Crippen LogP contribution < -0.4 is 0 Å². The smallest absolute Gasteiger partial charge is 0.308 e. The van der Waals surface area contributed by atoms with Gasteiger partial charge < -0.3 is 5.11 Å². The predicted molar refractivity (Wildman–Crippen MR) is 54.5 cm³/mol. The molecule has 0 heterocycles. The number of carboxylic acids is 1. The Balaban J connectivity index is 2.50. The molecule has 2 atom stereocenters. The minimum absolute atomic E-state index is 0.512. The fourth-order valence-electron chi connectivity index (χ4n) is 2.09. The molecule has 0 saturated carbocycles. The average Bonchev–Trinajstić information content (AvgIpc) is 2.39. The van der Waals surface area contributed by atoms with Gasteiger partial charge in [-0.25, -0.2) is 0 Å². The van der Waals surface area contributed by atoms with Gasteiger partial charge in [-0.3, -0.25) is 4.79 Å². The van der Waals surface area contributed by atoms with Crippen LogP contribution in [0, 0.1) is 5.92 Å². The number of hydrogen-bond acceptors (Lipinski definition) is 1. The number of carbonyl (C=O) groups is 1. The van der Waals surface area contributed by atoms with Crippen LogP contribution in [-0.2, 0) is 16.1 Å². The van der Waals surface area contributed by atoms with Crippen molar-refractivity contribution in [1.82, 2.24) is 0 Å². The van der Waals surface area contributed by atoms with Crippen molar-refractivity contribution in [3.63, 3.8) is 0 Å². The number of carboxylic acid groups (broad SMARTS) is 1. The van der Waals surface area contributed by atoms with Gasteiger partial charge in [-0.1, -0.05) is 24.3 Å². The first-order valence-electron chi connectivity index (χ1n) is 4.53. The number of aliphatic carboxylic acids is 1. The van der Waals surface area contributed by atoms with Crippen LogP contribution in [0.5, 0.6) is 0 Å². The van der Waals surface area contributed by atoms with E-state index in [1.54, 1.807) is 6.92 Å². The SMILES string of the molecule is CC1(Cl)c2ccccc2CC1C(=O)O. The lowest BCUT2D eigenvalue weighted by Gasteiger charge is -2.21. The molecule has 74 valence electrons. The zero-order valence-corrected chi connectivity index (χ0v) is 8.58. The molecular formula is C11H11ClO2. The van der Waals surface area contributed by atoms with Gasteiger partial charge in [0.1, 0.15) is 0 Å². The van der Waals surface area contributed by atoms with Crippen LogP contribution in [0.3, 0.4) is 0 Å². The van der Waals surface area contributed by atoms with E-state index >= 15 is 0 Å². The largest absolute Gasteiger partial charge is 0.481 e. The summed E-state index contributed by atoms with van der Waals surface area (Å²) in [4.78, 5) is 10.2. The first-order chi connectivity index (χ1) is 6.53. The van der Waals surface area contributed by atoms with Crippen LogP contribution in [0.15, 0.2) is 24.3 Å². The second-order valence-corrected chi connectivity index (χ2v) is 4.61. The lowest BCUT2D eigenvalue weighted by atomic mass is 9.94. The summed E-state index contributed by atoms with van der Waals surface area (Å²) in [5, 5.41) is 9.04. The van der Waals surface area contributed by atoms with Crippen LogP contribution >= 0.6 is 11.6 Å². The van der Waals surface area contributed by atoms with Crippen molar-refractivity contribution in [2.24, 2.45) is 5.92 Å². The van der Waals surface area contributed by atoms with Crippen molar-refractivity contribution >= 4 is 17.6 Å². The Labute approximate surface area is 87.5 Å². The summed E-state index contributed by atoms with van der Waals surface area (Å²) in [6.45, 7) is 1.78. The van der Waals surface area contributed by atoms with E-state index in [1.807, 2.05) is 24.3 Å². The molecule has 1 aromatic rings. The number of halogens is 1. The zero-order valence-electron chi connectivity index (χ0n) is 7.83. The van der Waals surface area contributed by atoms with Crippen molar-refractivity contribution < 1.29 is 9.90 Å². The summed E-state index contributed by atoms with van der Waals surface area (Å²) in [6, 6.07) is 7.66. The molecule has 3 heteroatoms. The summed E-state index contributed by atoms with van der Waals surface area (Å²) in [5.41, 5.74) is 2.01. The molecule has 1 aliphatic rings. The van der Waals surface area contributed by atoms with Gasteiger partial charge in [0.05, 0.1) is 10.8 Å². The van der Waals surface area contributed by atoms with Gasteiger partial charge in [-0.05, 0) is 24.5 Å². The number of benzene rings is 1. The van der Waals surface area contributed by atoms with Crippen molar-refractivity contribution in [2.75, 3.05) is 0 Å². The normalized spacial score (nSPS) is 30.0. The van der Waals surface area contributed by atoms with Crippen LogP contribution in [0.25, 0.3) is 0 Å². The number of fused-ring (bicyclic) bond motifs is 1. The highest BCUT2D eigenvalue weighted by molar-refractivity contribution is 6.25. The average molecular weight is 211 g/mol. The van der Waals surface area contributed by atoms with E-state index in [0.29, 0.717) is 6.42 Å². The Bertz CT molecular complexity index is 385. The number of alkyl halides is 1. The molecule has 2 rings (SSSR count). The molecule has 0 amide bonds. The fraction of sp³-hybridized carbons (Fsp3) is 0.364. The van der Waals surface area contributed by atoms with E-state index in [0.717, 1.165) is 11.1 Å². The molecule has 1 aliphatic carbocycles. The van der Waals surface area contributed by atoms with Crippen molar-refractivity contribution in [2.45, 2.75) is 18.2 Å². The second-order valence-electron chi connectivity index (χ2n) is 3.83. The molecule has 0 aromatic heterocycles. The van der Waals surface area contributed by atoms with Gasteiger partial charge in [-0.2, -0.15) is 0 Å². The Hall–Kier alpha value is -1.02. The Morgan fingerprint density at radius 1 is 1.57 bits per heavy atom. The third-order valence-corrected chi connectivity index (χ3v) is 3.39. The predicted octanol–water partition coefficient (Wildman–Crippen LogP) is 2.40. The fourth-order valence-corrected chi connectivity index (χ4v) is 2.45. The molecule has 0 radical (unpaired) electrons. The number of hydrogen-bond donors (Lipinski definition) is 1. The summed E-state index contributed by atoms with van der Waals surface area (Å²) >= 11 is 6.28. The van der Waals surface area contributed by atoms with E-state index < -0.39 is 16.8 Å². The third-order valence-electron chi connectivity index (χ3n) is 2.92. The maximum Gasteiger partial charge on any atom is 0.308 e. The number of rotatable bonds is 1. The Kier molecular flexibility index (Phi) is 2.04. The van der Waals surface area contributed by atoms with Crippen molar-refractivity contribution in [3.05, 3.63) is 35.4 Å². The molecule has 2 unspecified atom stereocenters. The molecule has 1 aromatic carbocycles. The highest BCUT2D eigenvalue weighted by Crippen LogP contribution is 2.46. The minimum atomic E-state index is -0.821. The second kappa shape index (κ2) is 2.99. The van der Waals surface area contributed by atoms with E-state index in [4.69, 9.17) is 16.7 Å². The summed E-state index contributed by atoms with van der Waals surface area (Å²) in [5.74, 6) is -1.33. The third kappa shape index (κ3) is 1.22. The molecule has 0 aliphatic heterocycles. The van der Waals surface area contributed by atoms with Crippen molar-refractivity contribution in [1.29, 1.82) is 0 Å². The minimum Gasteiger partial charge on any atom is -0.481 e. The molecule has 0 saturated heterocycles. The molecule has 2 nitrogen and oxygen atoms in total. The molecular weight excluding hydrogens is 200 g/mol. The van der Waals surface area contributed by atoms with Gasteiger partial charge in [0.2, 0.25) is 0 Å². The van der Waals surface area contributed by atoms with Crippen LogP contribution in [0.1, 0.15) is 18.1 Å². The van der Waals surface area contributed by atoms with Gasteiger partial charge >= 0.3 is 5.97 Å². The quantitative estimate of drug-likeness (QED) is 0.723. The Morgan fingerprint density at radius 3 is 2.79 bits per heavy atom. The van der Waals surface area contributed by atoms with Gasteiger partial charge in [-0.15, -0.1) is 11.6 Å². The van der Waals surface area contributed by atoms with E-state index in [2.05, 4.69) is 0 Å². The van der Waals surface area contributed by atoms with E-state index in [-0.39, 0.29) is 0 Å². The van der Waals surface area contributed by atoms with Crippen molar-refractivity contribution in [3.8, 4) is 0 Å². The van der Waals surface area contributed by atoms with E-state index in [1.165, 1.54) is 0 Å². The molecule has 1 N–H and O–H groups in total. The van der Waals surface area contributed by atoms with Gasteiger partial charge in [0.25, 0.3) is 0 Å².